The van der Waals surface area contributed by atoms with Crippen molar-refractivity contribution in [2.45, 2.75) is 25.7 Å². The Morgan fingerprint density at radius 3 is 2.75 bits per heavy atom. The minimum atomic E-state index is -0.111. The summed E-state index contributed by atoms with van der Waals surface area (Å²) in [6.45, 7) is 0. The Labute approximate surface area is 103 Å². The molecule has 0 N–H and O–H groups in total. The first kappa shape index (κ1) is 11.5. The molecule has 0 saturated heterocycles. The maximum atomic E-state index is 12.2. The molecule has 0 amide bonds. The molecule has 0 heterocycles. The SMILES string of the molecule is O=C1CCCC(C(=O)c2ccccc2Br)C1. The zero-order valence-corrected chi connectivity index (χ0v) is 10.5. The van der Waals surface area contributed by atoms with Crippen LogP contribution in [0.3, 0.4) is 0 Å². The van der Waals surface area contributed by atoms with Gasteiger partial charge in [0.25, 0.3) is 0 Å². The first-order valence-corrected chi connectivity index (χ1v) is 6.28. The van der Waals surface area contributed by atoms with Crippen molar-refractivity contribution in [1.82, 2.24) is 0 Å². The highest BCUT2D eigenvalue weighted by molar-refractivity contribution is 9.10. The van der Waals surface area contributed by atoms with Crippen molar-refractivity contribution in [2.75, 3.05) is 0 Å². The highest BCUT2D eigenvalue weighted by Gasteiger charge is 2.27. The predicted molar refractivity (Wildman–Crippen MR) is 65.4 cm³/mol. The van der Waals surface area contributed by atoms with Crippen LogP contribution in [0.5, 0.6) is 0 Å². The molecule has 0 bridgehead atoms. The summed E-state index contributed by atoms with van der Waals surface area (Å²) < 4.78 is 0.818. The second-order valence-corrected chi connectivity index (χ2v) is 5.03. The van der Waals surface area contributed by atoms with E-state index in [1.54, 1.807) is 0 Å². The van der Waals surface area contributed by atoms with Gasteiger partial charge in [0.1, 0.15) is 5.78 Å². The van der Waals surface area contributed by atoms with Gasteiger partial charge in [0.15, 0.2) is 5.78 Å². The van der Waals surface area contributed by atoms with Gasteiger partial charge in [-0.25, -0.2) is 0 Å². The summed E-state index contributed by atoms with van der Waals surface area (Å²) in [6.07, 6.45) is 2.74. The summed E-state index contributed by atoms with van der Waals surface area (Å²) in [5.41, 5.74) is 0.696. The third kappa shape index (κ3) is 2.40. The van der Waals surface area contributed by atoms with Crippen LogP contribution in [0.1, 0.15) is 36.0 Å². The van der Waals surface area contributed by atoms with E-state index < -0.39 is 0 Å². The molecule has 0 radical (unpaired) electrons. The monoisotopic (exact) mass is 280 g/mol. The Bertz CT molecular complexity index is 426. The van der Waals surface area contributed by atoms with Crippen LogP contribution in [0.25, 0.3) is 0 Å². The van der Waals surface area contributed by atoms with Gasteiger partial charge in [0.05, 0.1) is 0 Å². The molecule has 1 aromatic rings. The summed E-state index contributed by atoms with van der Waals surface area (Å²) in [5, 5.41) is 0. The second kappa shape index (κ2) is 4.91. The molecule has 2 rings (SSSR count). The Balaban J connectivity index is 2.19. The van der Waals surface area contributed by atoms with Gasteiger partial charge >= 0.3 is 0 Å². The molecule has 1 aromatic carbocycles. The van der Waals surface area contributed by atoms with E-state index in [4.69, 9.17) is 0 Å². The molecule has 84 valence electrons. The topological polar surface area (TPSA) is 34.1 Å². The van der Waals surface area contributed by atoms with E-state index in [-0.39, 0.29) is 17.5 Å². The van der Waals surface area contributed by atoms with Crippen molar-refractivity contribution in [3.63, 3.8) is 0 Å². The molecule has 3 heteroatoms. The summed E-state index contributed by atoms with van der Waals surface area (Å²) in [5.74, 6) is 0.206. The number of hydrogen-bond acceptors (Lipinski definition) is 2. The fraction of sp³-hybridized carbons (Fsp3) is 0.385. The Morgan fingerprint density at radius 2 is 2.06 bits per heavy atom. The van der Waals surface area contributed by atoms with Gasteiger partial charge in [0, 0.05) is 28.8 Å². The molecular formula is C13H13BrO2. The fourth-order valence-electron chi connectivity index (χ4n) is 2.13. The number of carbonyl (C=O) groups is 2. The van der Waals surface area contributed by atoms with Crippen molar-refractivity contribution in [1.29, 1.82) is 0 Å². The molecule has 1 aliphatic carbocycles. The van der Waals surface area contributed by atoms with Gasteiger partial charge < -0.3 is 0 Å². The van der Waals surface area contributed by atoms with Crippen molar-refractivity contribution in [3.8, 4) is 0 Å². The van der Waals surface area contributed by atoms with E-state index in [9.17, 15) is 9.59 Å². The Kier molecular flexibility index (Phi) is 3.54. The molecule has 0 aromatic heterocycles. The molecule has 1 unspecified atom stereocenters. The van der Waals surface area contributed by atoms with Crippen LogP contribution in [0.2, 0.25) is 0 Å². The average molecular weight is 281 g/mol. The summed E-state index contributed by atoms with van der Waals surface area (Å²) in [6, 6.07) is 7.40. The third-order valence-corrected chi connectivity index (χ3v) is 3.68. The molecule has 2 nitrogen and oxygen atoms in total. The molecule has 0 spiro atoms. The van der Waals surface area contributed by atoms with Gasteiger partial charge in [-0.1, -0.05) is 34.1 Å². The molecule has 1 saturated carbocycles. The summed E-state index contributed by atoms with van der Waals surface area (Å²) >= 11 is 3.37. The quantitative estimate of drug-likeness (QED) is 0.779. The zero-order chi connectivity index (χ0) is 11.5. The van der Waals surface area contributed by atoms with Gasteiger partial charge in [-0.2, -0.15) is 0 Å². The lowest BCUT2D eigenvalue weighted by Crippen LogP contribution is -2.23. The maximum absolute atomic E-state index is 12.2. The van der Waals surface area contributed by atoms with E-state index in [0.29, 0.717) is 18.4 Å². The number of ketones is 2. The predicted octanol–water partition coefficient (Wildman–Crippen LogP) is 3.39. The highest BCUT2D eigenvalue weighted by Crippen LogP contribution is 2.27. The van der Waals surface area contributed by atoms with Crippen LogP contribution in [0.4, 0.5) is 0 Å². The van der Waals surface area contributed by atoms with Crippen molar-refractivity contribution >= 4 is 27.5 Å². The normalized spacial score (nSPS) is 20.8. The smallest absolute Gasteiger partial charge is 0.167 e. The molecular weight excluding hydrogens is 268 g/mol. The minimum Gasteiger partial charge on any atom is -0.300 e. The van der Waals surface area contributed by atoms with Crippen LogP contribution in [-0.4, -0.2) is 11.6 Å². The molecule has 1 aliphatic rings. The number of rotatable bonds is 2. The van der Waals surface area contributed by atoms with E-state index in [0.717, 1.165) is 17.3 Å². The molecule has 1 fully saturated rings. The third-order valence-electron chi connectivity index (χ3n) is 2.99. The van der Waals surface area contributed by atoms with E-state index in [1.165, 1.54) is 0 Å². The first-order chi connectivity index (χ1) is 7.68. The lowest BCUT2D eigenvalue weighted by atomic mass is 9.83. The van der Waals surface area contributed by atoms with Gasteiger partial charge in [0.2, 0.25) is 0 Å². The van der Waals surface area contributed by atoms with E-state index in [2.05, 4.69) is 15.9 Å². The van der Waals surface area contributed by atoms with Gasteiger partial charge in [-0.3, -0.25) is 9.59 Å². The summed E-state index contributed by atoms with van der Waals surface area (Å²) in [4.78, 5) is 23.5. The lowest BCUT2D eigenvalue weighted by Gasteiger charge is -2.19. The van der Waals surface area contributed by atoms with Crippen LogP contribution < -0.4 is 0 Å². The van der Waals surface area contributed by atoms with Gasteiger partial charge in [-0.05, 0) is 18.9 Å². The molecule has 16 heavy (non-hydrogen) atoms. The Morgan fingerprint density at radius 1 is 1.31 bits per heavy atom. The van der Waals surface area contributed by atoms with Crippen LogP contribution >= 0.6 is 15.9 Å². The van der Waals surface area contributed by atoms with Crippen molar-refractivity contribution in [2.24, 2.45) is 5.92 Å². The number of carbonyl (C=O) groups excluding carboxylic acids is 2. The fourth-order valence-corrected chi connectivity index (χ4v) is 2.61. The average Bonchev–Trinajstić information content (AvgIpc) is 2.29. The van der Waals surface area contributed by atoms with Crippen LogP contribution in [-0.2, 0) is 4.79 Å². The zero-order valence-electron chi connectivity index (χ0n) is 8.91. The maximum Gasteiger partial charge on any atom is 0.167 e. The number of benzene rings is 1. The van der Waals surface area contributed by atoms with E-state index in [1.807, 2.05) is 24.3 Å². The summed E-state index contributed by atoms with van der Waals surface area (Å²) in [7, 11) is 0. The largest absolute Gasteiger partial charge is 0.300 e. The first-order valence-electron chi connectivity index (χ1n) is 5.49. The van der Waals surface area contributed by atoms with Crippen LogP contribution in [0, 0.1) is 5.92 Å². The lowest BCUT2D eigenvalue weighted by molar-refractivity contribution is -0.121. The highest BCUT2D eigenvalue weighted by atomic mass is 79.9. The van der Waals surface area contributed by atoms with Crippen LogP contribution in [0.15, 0.2) is 28.7 Å². The number of hydrogen-bond donors (Lipinski definition) is 0. The van der Waals surface area contributed by atoms with Gasteiger partial charge in [-0.15, -0.1) is 0 Å². The van der Waals surface area contributed by atoms with Crippen molar-refractivity contribution in [3.05, 3.63) is 34.3 Å². The number of Topliss-reactive ketones (excluding diaryl/α,β-unsaturated/α-hetero) is 2. The second-order valence-electron chi connectivity index (χ2n) is 4.18. The van der Waals surface area contributed by atoms with Crippen molar-refractivity contribution < 1.29 is 9.59 Å². The molecule has 0 aliphatic heterocycles. The molecule has 1 atom stereocenters. The Hall–Kier alpha value is -0.960. The minimum absolute atomic E-state index is 0.0977. The number of halogens is 1. The van der Waals surface area contributed by atoms with E-state index >= 15 is 0 Å². The standard InChI is InChI=1S/C13H13BrO2/c14-12-7-2-1-6-11(12)13(16)9-4-3-5-10(15)8-9/h1-2,6-7,9H,3-5,8H2.